The zero-order valence-corrected chi connectivity index (χ0v) is 11.3. The zero-order chi connectivity index (χ0) is 15.4. The summed E-state index contributed by atoms with van der Waals surface area (Å²) in [5.74, 6) is -0.615. The number of hydrogen-bond acceptors (Lipinski definition) is 4. The van der Waals surface area contributed by atoms with Gasteiger partial charge in [0, 0.05) is 12.6 Å². The second kappa shape index (κ2) is 6.42. The fraction of sp³-hybridized carbons (Fsp3) is 0.455. The van der Waals surface area contributed by atoms with Gasteiger partial charge in [-0.25, -0.2) is 13.1 Å². The molecule has 114 valence electrons. The van der Waals surface area contributed by atoms with E-state index < -0.39 is 28.2 Å². The van der Waals surface area contributed by atoms with Gasteiger partial charge in [-0.05, 0) is 25.5 Å². The molecule has 0 saturated carbocycles. The van der Waals surface area contributed by atoms with Crippen LogP contribution in [0.15, 0.2) is 29.2 Å². The van der Waals surface area contributed by atoms with Crippen LogP contribution >= 0.6 is 0 Å². The lowest BCUT2D eigenvalue weighted by atomic mass is 10.3. The van der Waals surface area contributed by atoms with Crippen molar-refractivity contribution in [2.24, 2.45) is 0 Å². The van der Waals surface area contributed by atoms with Gasteiger partial charge in [0.1, 0.15) is 5.75 Å². The smallest absolute Gasteiger partial charge is 0.406 e. The van der Waals surface area contributed by atoms with Crippen LogP contribution in [0.5, 0.6) is 5.75 Å². The van der Waals surface area contributed by atoms with Crippen LogP contribution in [0.3, 0.4) is 0 Å². The summed E-state index contributed by atoms with van der Waals surface area (Å²) in [6, 6.07) is 4.07. The fourth-order valence-corrected chi connectivity index (χ4v) is 2.41. The van der Waals surface area contributed by atoms with Gasteiger partial charge >= 0.3 is 6.36 Å². The molecule has 0 heterocycles. The predicted octanol–water partition coefficient (Wildman–Crippen LogP) is 1.63. The molecule has 0 unspecified atom stereocenters. The molecule has 1 rings (SSSR count). The van der Waals surface area contributed by atoms with Gasteiger partial charge in [0.15, 0.2) is 0 Å². The normalized spacial score (nSPS) is 14.1. The van der Waals surface area contributed by atoms with E-state index in [1.165, 1.54) is 6.92 Å². The number of aliphatic hydroxyl groups excluding tert-OH is 1. The number of nitrogens with one attached hydrogen (secondary N) is 1. The molecule has 0 amide bonds. The molecule has 1 atom stereocenters. The molecule has 0 saturated heterocycles. The molecule has 5 nitrogen and oxygen atoms in total. The van der Waals surface area contributed by atoms with Gasteiger partial charge in [0.25, 0.3) is 0 Å². The van der Waals surface area contributed by atoms with Crippen LogP contribution in [0.25, 0.3) is 0 Å². The van der Waals surface area contributed by atoms with Crippen LogP contribution in [-0.2, 0) is 10.0 Å². The van der Waals surface area contributed by atoms with E-state index in [-0.39, 0.29) is 17.9 Å². The third kappa shape index (κ3) is 5.76. The van der Waals surface area contributed by atoms with Crippen molar-refractivity contribution in [3.8, 4) is 5.75 Å². The van der Waals surface area contributed by atoms with Crippen LogP contribution in [0.2, 0.25) is 0 Å². The third-order valence-corrected chi connectivity index (χ3v) is 3.66. The summed E-state index contributed by atoms with van der Waals surface area (Å²) in [6.45, 7) is 1.47. The van der Waals surface area contributed by atoms with E-state index in [1.807, 2.05) is 0 Å². The van der Waals surface area contributed by atoms with Gasteiger partial charge in [-0.2, -0.15) is 0 Å². The Hall–Kier alpha value is -1.32. The number of sulfonamides is 1. The van der Waals surface area contributed by atoms with Crippen molar-refractivity contribution in [3.63, 3.8) is 0 Å². The number of rotatable bonds is 6. The maximum absolute atomic E-state index is 12.0. The van der Waals surface area contributed by atoms with Crippen LogP contribution in [0.1, 0.15) is 13.3 Å². The minimum atomic E-state index is -4.89. The summed E-state index contributed by atoms with van der Waals surface area (Å²) in [6.07, 6.45) is -5.38. The molecule has 0 spiro atoms. The number of benzene rings is 1. The molecular formula is C11H14F3NO4S. The monoisotopic (exact) mass is 313 g/mol. The summed E-state index contributed by atoms with van der Waals surface area (Å²) < 4.78 is 65.6. The lowest BCUT2D eigenvalue weighted by molar-refractivity contribution is -0.274. The zero-order valence-electron chi connectivity index (χ0n) is 10.5. The van der Waals surface area contributed by atoms with Crippen molar-refractivity contribution in [2.75, 3.05) is 6.54 Å². The average molecular weight is 313 g/mol. The highest BCUT2D eigenvalue weighted by Crippen LogP contribution is 2.24. The van der Waals surface area contributed by atoms with Crippen LogP contribution in [0, 0.1) is 0 Å². The Balaban J connectivity index is 2.82. The Kier molecular flexibility index (Phi) is 5.37. The third-order valence-electron chi connectivity index (χ3n) is 2.20. The van der Waals surface area contributed by atoms with E-state index in [2.05, 4.69) is 9.46 Å². The Morgan fingerprint density at radius 3 is 2.60 bits per heavy atom. The van der Waals surface area contributed by atoms with E-state index >= 15 is 0 Å². The summed E-state index contributed by atoms with van der Waals surface area (Å²) >= 11 is 0. The first-order valence-corrected chi connectivity index (χ1v) is 7.12. The quantitative estimate of drug-likeness (QED) is 0.837. The van der Waals surface area contributed by atoms with Crippen molar-refractivity contribution in [3.05, 3.63) is 24.3 Å². The van der Waals surface area contributed by atoms with Crippen molar-refractivity contribution in [1.29, 1.82) is 0 Å². The minimum Gasteiger partial charge on any atom is -0.406 e. The first kappa shape index (κ1) is 16.7. The second-order valence-corrected chi connectivity index (χ2v) is 5.83. The molecule has 0 aliphatic rings. The first-order valence-electron chi connectivity index (χ1n) is 5.64. The van der Waals surface area contributed by atoms with Gasteiger partial charge in [-0.1, -0.05) is 6.07 Å². The van der Waals surface area contributed by atoms with E-state index in [0.29, 0.717) is 0 Å². The van der Waals surface area contributed by atoms with Crippen molar-refractivity contribution < 1.29 is 31.4 Å². The molecule has 1 aromatic rings. The SMILES string of the molecule is C[C@@H](O)CCNS(=O)(=O)c1cccc(OC(F)(F)F)c1. The van der Waals surface area contributed by atoms with E-state index in [9.17, 15) is 21.6 Å². The number of ether oxygens (including phenoxy) is 1. The Morgan fingerprint density at radius 1 is 1.40 bits per heavy atom. The molecule has 0 aliphatic heterocycles. The van der Waals surface area contributed by atoms with Gasteiger partial charge in [0.05, 0.1) is 11.0 Å². The molecular weight excluding hydrogens is 299 g/mol. The number of hydrogen-bond donors (Lipinski definition) is 2. The van der Waals surface area contributed by atoms with E-state index in [0.717, 1.165) is 24.3 Å². The molecule has 20 heavy (non-hydrogen) atoms. The summed E-state index contributed by atoms with van der Waals surface area (Å²) in [4.78, 5) is -0.343. The first-order chi connectivity index (χ1) is 9.10. The second-order valence-electron chi connectivity index (χ2n) is 4.06. The highest BCUT2D eigenvalue weighted by atomic mass is 32.2. The highest BCUT2D eigenvalue weighted by Gasteiger charge is 2.31. The minimum absolute atomic E-state index is 0.0235. The van der Waals surface area contributed by atoms with Crippen LogP contribution in [0.4, 0.5) is 13.2 Å². The largest absolute Gasteiger partial charge is 0.573 e. The lowest BCUT2D eigenvalue weighted by Gasteiger charge is -2.11. The highest BCUT2D eigenvalue weighted by molar-refractivity contribution is 7.89. The maximum atomic E-state index is 12.0. The lowest BCUT2D eigenvalue weighted by Crippen LogP contribution is -2.27. The Morgan fingerprint density at radius 2 is 2.05 bits per heavy atom. The summed E-state index contributed by atoms with van der Waals surface area (Å²) in [5, 5.41) is 9.01. The van der Waals surface area contributed by atoms with Crippen LogP contribution < -0.4 is 9.46 Å². The molecule has 9 heteroatoms. The average Bonchev–Trinajstić information content (AvgIpc) is 2.26. The molecule has 1 aromatic carbocycles. The van der Waals surface area contributed by atoms with Crippen molar-refractivity contribution in [1.82, 2.24) is 4.72 Å². The van der Waals surface area contributed by atoms with Gasteiger partial charge in [-0.3, -0.25) is 0 Å². The Labute approximate surface area is 114 Å². The topological polar surface area (TPSA) is 75.6 Å². The van der Waals surface area contributed by atoms with Crippen LogP contribution in [-0.4, -0.2) is 32.5 Å². The number of halogens is 3. The summed E-state index contributed by atoms with van der Waals surface area (Å²) in [7, 11) is -3.94. The van der Waals surface area contributed by atoms with E-state index in [4.69, 9.17) is 5.11 Å². The standard InChI is InChI=1S/C11H14F3NO4S/c1-8(16)5-6-15-20(17,18)10-4-2-3-9(7-10)19-11(12,13)14/h2-4,7-8,15-16H,5-6H2,1H3/t8-/m1/s1. The van der Waals surface area contributed by atoms with Gasteiger partial charge in [-0.15, -0.1) is 13.2 Å². The molecule has 2 N–H and O–H groups in total. The fourth-order valence-electron chi connectivity index (χ4n) is 1.32. The van der Waals surface area contributed by atoms with Crippen molar-refractivity contribution >= 4 is 10.0 Å². The summed E-state index contributed by atoms with van der Waals surface area (Å²) in [5.41, 5.74) is 0. The molecule has 0 fully saturated rings. The molecule has 0 aliphatic carbocycles. The maximum Gasteiger partial charge on any atom is 0.573 e. The van der Waals surface area contributed by atoms with Gasteiger partial charge < -0.3 is 9.84 Å². The molecule has 0 radical (unpaired) electrons. The van der Waals surface area contributed by atoms with E-state index in [1.54, 1.807) is 0 Å². The van der Waals surface area contributed by atoms with Crippen molar-refractivity contribution in [2.45, 2.75) is 30.7 Å². The number of aliphatic hydroxyl groups is 1. The molecule has 0 aromatic heterocycles. The molecule has 0 bridgehead atoms. The number of alkyl halides is 3. The predicted molar refractivity (Wildman–Crippen MR) is 64.6 cm³/mol. The Bertz CT molecular complexity index is 543. The van der Waals surface area contributed by atoms with Gasteiger partial charge in [0.2, 0.25) is 10.0 Å².